The van der Waals surface area contributed by atoms with E-state index in [2.05, 4.69) is 61.2 Å². The van der Waals surface area contributed by atoms with Crippen molar-refractivity contribution in [3.8, 4) is 5.75 Å². The van der Waals surface area contributed by atoms with E-state index in [-0.39, 0.29) is 11.9 Å². The van der Waals surface area contributed by atoms with Gasteiger partial charge in [0, 0.05) is 57.6 Å². The van der Waals surface area contributed by atoms with Crippen molar-refractivity contribution in [3.05, 3.63) is 73.1 Å². The molecule has 2 N–H and O–H groups in total. The fourth-order valence-corrected chi connectivity index (χ4v) is 6.27. The third-order valence-corrected chi connectivity index (χ3v) is 8.59. The number of ether oxygens (including phenoxy) is 2. The van der Waals surface area contributed by atoms with E-state index in [0.29, 0.717) is 41.4 Å². The van der Waals surface area contributed by atoms with Crippen molar-refractivity contribution in [2.24, 2.45) is 0 Å². The summed E-state index contributed by atoms with van der Waals surface area (Å²) in [7, 11) is 1.65. The van der Waals surface area contributed by atoms with Gasteiger partial charge in [0.1, 0.15) is 17.9 Å². The molecule has 3 aliphatic heterocycles. The van der Waals surface area contributed by atoms with Crippen molar-refractivity contribution in [2.45, 2.75) is 37.8 Å². The van der Waals surface area contributed by atoms with Gasteiger partial charge in [0.05, 0.1) is 36.8 Å². The third kappa shape index (κ3) is 6.96. The molecule has 2 aromatic carbocycles. The average molecular weight is 600 g/mol. The molecule has 1 aromatic heterocycles. The quantitative estimate of drug-likeness (QED) is 0.326. The lowest BCUT2D eigenvalue weighted by Crippen LogP contribution is -2.51. The van der Waals surface area contributed by atoms with E-state index < -0.39 is 0 Å². The van der Waals surface area contributed by atoms with Gasteiger partial charge in [-0.05, 0) is 43.4 Å². The molecule has 0 radical (unpaired) electrons. The normalized spacial score (nSPS) is 19.5. The summed E-state index contributed by atoms with van der Waals surface area (Å²) in [6, 6.07) is 16.9. The molecule has 4 heterocycles. The topological polar surface area (TPSA) is 104 Å². The molecule has 1 atom stereocenters. The zero-order valence-corrected chi connectivity index (χ0v) is 25.3. The van der Waals surface area contributed by atoms with Crippen LogP contribution < -0.4 is 25.3 Å². The summed E-state index contributed by atoms with van der Waals surface area (Å²) < 4.78 is 11.4. The van der Waals surface area contributed by atoms with E-state index in [0.717, 1.165) is 70.8 Å². The lowest BCUT2D eigenvalue weighted by Gasteiger charge is -2.42. The van der Waals surface area contributed by atoms with E-state index in [1.165, 1.54) is 18.0 Å². The maximum Gasteiger partial charge on any atom is 0.247 e. The first-order valence-electron chi connectivity index (χ1n) is 15.4. The largest absolute Gasteiger partial charge is 0.494 e. The average Bonchev–Trinajstić information content (AvgIpc) is 3.54. The van der Waals surface area contributed by atoms with Crippen LogP contribution in [0.4, 0.5) is 28.7 Å². The summed E-state index contributed by atoms with van der Waals surface area (Å²) in [5, 5.41) is 8.28. The summed E-state index contributed by atoms with van der Waals surface area (Å²) in [6.45, 7) is 9.55. The van der Waals surface area contributed by atoms with Gasteiger partial charge in [-0.3, -0.25) is 14.5 Å². The number of benzene rings is 2. The molecule has 0 bridgehead atoms. The predicted octanol–water partition coefficient (Wildman–Crippen LogP) is 4.41. The minimum absolute atomic E-state index is 0.168. The van der Waals surface area contributed by atoms with Crippen molar-refractivity contribution in [1.29, 1.82) is 0 Å². The molecule has 232 valence electrons. The first-order chi connectivity index (χ1) is 21.6. The molecule has 3 aliphatic rings. The number of amides is 1. The van der Waals surface area contributed by atoms with Crippen LogP contribution in [0.2, 0.25) is 0 Å². The van der Waals surface area contributed by atoms with Crippen LogP contribution in [-0.2, 0) is 20.8 Å². The molecule has 6 rings (SSSR count). The van der Waals surface area contributed by atoms with Crippen molar-refractivity contribution >= 4 is 34.6 Å². The number of anilines is 5. The highest BCUT2D eigenvalue weighted by molar-refractivity contribution is 6.02. The van der Waals surface area contributed by atoms with Crippen molar-refractivity contribution in [3.63, 3.8) is 0 Å². The lowest BCUT2D eigenvalue weighted by molar-refractivity contribution is -0.111. The number of carbonyl (C=O) groups excluding carboxylic acids is 1. The number of nitrogens with one attached hydrogen (secondary N) is 2. The number of hydroxylamine groups is 1. The molecule has 3 fully saturated rings. The standard InChI is InChI=1S/C33H41N7O4/c1-3-33(41)37-27-20-28(30(42-2)21-29(27)39-14-12-38(13-15-39)25-9-16-43-17-10-25)36-31-22-32(35-23-34-31)40-26(11-18-44-40)19-24-7-5-4-6-8-24/h3-8,20-23,25-26H,1,9-19H2,2H3,(H,37,41)(H,34,35,36)/t26-/m0/s1. The Hall–Kier alpha value is -4.19. The highest BCUT2D eigenvalue weighted by Gasteiger charge is 2.29. The molecule has 0 unspecified atom stereocenters. The molecule has 11 nitrogen and oxygen atoms in total. The number of aromatic nitrogens is 2. The lowest BCUT2D eigenvalue weighted by atomic mass is 10.0. The Balaban J connectivity index is 1.21. The van der Waals surface area contributed by atoms with Gasteiger partial charge < -0.3 is 25.0 Å². The van der Waals surface area contributed by atoms with Crippen LogP contribution in [-0.4, -0.2) is 86.0 Å². The number of hydrogen-bond donors (Lipinski definition) is 2. The summed E-state index contributed by atoms with van der Waals surface area (Å²) in [5.74, 6) is 1.63. The molecule has 0 saturated carbocycles. The Labute approximate surface area is 258 Å². The Kier molecular flexibility index (Phi) is 9.55. The van der Waals surface area contributed by atoms with Gasteiger partial charge in [0.15, 0.2) is 5.82 Å². The fourth-order valence-electron chi connectivity index (χ4n) is 6.27. The van der Waals surface area contributed by atoms with Crippen LogP contribution in [0.25, 0.3) is 0 Å². The van der Waals surface area contributed by atoms with Crippen LogP contribution >= 0.6 is 0 Å². The maximum absolute atomic E-state index is 12.5. The molecule has 3 saturated heterocycles. The Morgan fingerprint density at radius 3 is 2.57 bits per heavy atom. The van der Waals surface area contributed by atoms with Crippen molar-refractivity contribution < 1.29 is 19.1 Å². The Morgan fingerprint density at radius 2 is 1.82 bits per heavy atom. The van der Waals surface area contributed by atoms with E-state index >= 15 is 0 Å². The van der Waals surface area contributed by atoms with Gasteiger partial charge in [0.2, 0.25) is 5.91 Å². The van der Waals surface area contributed by atoms with Gasteiger partial charge in [-0.15, -0.1) is 0 Å². The van der Waals surface area contributed by atoms with Crippen LogP contribution in [0.3, 0.4) is 0 Å². The van der Waals surface area contributed by atoms with E-state index in [1.54, 1.807) is 7.11 Å². The monoisotopic (exact) mass is 599 g/mol. The van der Waals surface area contributed by atoms with Crippen LogP contribution in [0, 0.1) is 0 Å². The molecule has 3 aromatic rings. The highest BCUT2D eigenvalue weighted by atomic mass is 16.7. The minimum Gasteiger partial charge on any atom is -0.494 e. The number of nitrogens with zero attached hydrogens (tertiary/aromatic N) is 5. The van der Waals surface area contributed by atoms with Crippen molar-refractivity contribution in [1.82, 2.24) is 14.9 Å². The van der Waals surface area contributed by atoms with E-state index in [9.17, 15) is 4.79 Å². The second-order valence-corrected chi connectivity index (χ2v) is 11.3. The molecule has 1 amide bonds. The molecule has 11 heteroatoms. The van der Waals surface area contributed by atoms with Gasteiger partial charge in [-0.2, -0.15) is 0 Å². The number of rotatable bonds is 10. The smallest absolute Gasteiger partial charge is 0.247 e. The molecule has 0 spiro atoms. The zero-order valence-electron chi connectivity index (χ0n) is 25.3. The van der Waals surface area contributed by atoms with Gasteiger partial charge >= 0.3 is 0 Å². The predicted molar refractivity (Wildman–Crippen MR) is 172 cm³/mol. The Morgan fingerprint density at radius 1 is 1.02 bits per heavy atom. The number of methoxy groups -OCH3 is 1. The van der Waals surface area contributed by atoms with Crippen LogP contribution in [0.5, 0.6) is 5.75 Å². The summed E-state index contributed by atoms with van der Waals surface area (Å²) in [4.78, 5) is 32.3. The number of hydrogen-bond acceptors (Lipinski definition) is 10. The van der Waals surface area contributed by atoms with Crippen LogP contribution in [0.15, 0.2) is 67.5 Å². The third-order valence-electron chi connectivity index (χ3n) is 8.59. The SMILES string of the molecule is C=CC(=O)Nc1cc(Nc2cc(N3OCC[C@H]3Cc3ccccc3)ncn2)c(OC)cc1N1CCN(C2CCOCC2)CC1. The minimum atomic E-state index is -0.275. The first-order valence-corrected chi connectivity index (χ1v) is 15.4. The van der Waals surface area contributed by atoms with Gasteiger partial charge in [0.25, 0.3) is 0 Å². The highest BCUT2D eigenvalue weighted by Crippen LogP contribution is 2.39. The maximum atomic E-state index is 12.5. The van der Waals surface area contributed by atoms with E-state index in [4.69, 9.17) is 14.3 Å². The molecular formula is C33H41N7O4. The first kappa shape index (κ1) is 29.9. The molecular weight excluding hydrogens is 558 g/mol. The van der Waals surface area contributed by atoms with Gasteiger partial charge in [-0.25, -0.2) is 15.0 Å². The van der Waals surface area contributed by atoms with Crippen molar-refractivity contribution in [2.75, 3.05) is 73.7 Å². The summed E-state index contributed by atoms with van der Waals surface area (Å²) in [5.41, 5.74) is 3.51. The summed E-state index contributed by atoms with van der Waals surface area (Å²) >= 11 is 0. The Bertz CT molecular complexity index is 1420. The zero-order chi connectivity index (χ0) is 30.3. The summed E-state index contributed by atoms with van der Waals surface area (Å²) in [6.07, 6.45) is 6.74. The second kappa shape index (κ2) is 14.1. The molecule has 44 heavy (non-hydrogen) atoms. The van der Waals surface area contributed by atoms with Gasteiger partial charge in [-0.1, -0.05) is 36.9 Å². The van der Waals surface area contributed by atoms with Crippen LogP contribution in [0.1, 0.15) is 24.8 Å². The number of carbonyl (C=O) groups is 1. The number of piperazine rings is 1. The van der Waals surface area contributed by atoms with E-state index in [1.807, 2.05) is 29.3 Å². The fraction of sp³-hybridized carbons (Fsp3) is 0.424. The molecule has 0 aliphatic carbocycles. The second-order valence-electron chi connectivity index (χ2n) is 11.3.